The van der Waals surface area contributed by atoms with Gasteiger partial charge < -0.3 is 10.2 Å². The molecule has 1 aromatic heterocycles. The molecule has 3 rings (SSSR count). The molecule has 0 aliphatic carbocycles. The molecular formula is C15H20N2O. The fourth-order valence-corrected chi connectivity index (χ4v) is 2.87. The van der Waals surface area contributed by atoms with Crippen molar-refractivity contribution < 1.29 is 4.42 Å². The van der Waals surface area contributed by atoms with Gasteiger partial charge in [0.2, 0.25) is 0 Å². The molecule has 2 atom stereocenters. The van der Waals surface area contributed by atoms with Crippen molar-refractivity contribution >= 4 is 11.0 Å². The smallest absolute Gasteiger partial charge is 0.134 e. The van der Waals surface area contributed by atoms with Gasteiger partial charge in [-0.05, 0) is 25.8 Å². The number of para-hydroxylation sites is 1. The van der Waals surface area contributed by atoms with E-state index in [4.69, 9.17) is 10.2 Å². The molecule has 3 heteroatoms. The van der Waals surface area contributed by atoms with E-state index in [-0.39, 0.29) is 0 Å². The summed E-state index contributed by atoms with van der Waals surface area (Å²) in [5.41, 5.74) is 8.27. The summed E-state index contributed by atoms with van der Waals surface area (Å²) in [6, 6.07) is 9.16. The molecule has 18 heavy (non-hydrogen) atoms. The lowest BCUT2D eigenvalue weighted by Gasteiger charge is -2.36. The van der Waals surface area contributed by atoms with Gasteiger partial charge in [0, 0.05) is 36.1 Å². The number of hydrogen-bond donors (Lipinski definition) is 1. The van der Waals surface area contributed by atoms with Crippen molar-refractivity contribution in [2.24, 2.45) is 5.73 Å². The third kappa shape index (κ3) is 2.16. The lowest BCUT2D eigenvalue weighted by atomic mass is 9.98. The first kappa shape index (κ1) is 11.8. The van der Waals surface area contributed by atoms with Crippen molar-refractivity contribution in [1.82, 2.24) is 4.90 Å². The van der Waals surface area contributed by atoms with Crippen LogP contribution >= 0.6 is 0 Å². The standard InChI is InChI=1S/C15H20N2O/c1-11-8-13(16)6-7-17(11)9-12-10-18-15-5-3-2-4-14(12)15/h2-5,10-11,13H,6-9,16H2,1H3. The average Bonchev–Trinajstić information content (AvgIpc) is 2.76. The zero-order valence-electron chi connectivity index (χ0n) is 10.8. The van der Waals surface area contributed by atoms with Crippen LogP contribution in [0.25, 0.3) is 11.0 Å². The van der Waals surface area contributed by atoms with Gasteiger partial charge >= 0.3 is 0 Å². The second-order valence-corrected chi connectivity index (χ2v) is 5.36. The van der Waals surface area contributed by atoms with Gasteiger partial charge in [0.15, 0.2) is 0 Å². The zero-order valence-corrected chi connectivity index (χ0v) is 10.8. The number of nitrogens with zero attached hydrogens (tertiary/aromatic N) is 1. The summed E-state index contributed by atoms with van der Waals surface area (Å²) in [5, 5.41) is 1.24. The Morgan fingerprint density at radius 1 is 1.39 bits per heavy atom. The molecule has 2 aromatic rings. The van der Waals surface area contributed by atoms with Crippen molar-refractivity contribution in [3.05, 3.63) is 36.1 Å². The molecule has 0 radical (unpaired) electrons. The molecule has 3 nitrogen and oxygen atoms in total. The van der Waals surface area contributed by atoms with E-state index >= 15 is 0 Å². The molecule has 0 amide bonds. The fraction of sp³-hybridized carbons (Fsp3) is 0.467. The van der Waals surface area contributed by atoms with E-state index in [9.17, 15) is 0 Å². The molecule has 2 heterocycles. The Bertz CT molecular complexity index is 534. The minimum absolute atomic E-state index is 0.373. The average molecular weight is 244 g/mol. The van der Waals surface area contributed by atoms with Gasteiger partial charge in [-0.2, -0.15) is 0 Å². The summed E-state index contributed by atoms with van der Waals surface area (Å²) >= 11 is 0. The number of fused-ring (bicyclic) bond motifs is 1. The Labute approximate surface area is 108 Å². The van der Waals surface area contributed by atoms with E-state index < -0.39 is 0 Å². The highest BCUT2D eigenvalue weighted by molar-refractivity contribution is 5.80. The second-order valence-electron chi connectivity index (χ2n) is 5.36. The molecule has 0 saturated carbocycles. The number of hydrogen-bond acceptors (Lipinski definition) is 3. The summed E-state index contributed by atoms with van der Waals surface area (Å²) in [6.07, 6.45) is 4.09. The maximum atomic E-state index is 6.01. The highest BCUT2D eigenvalue weighted by Crippen LogP contribution is 2.25. The largest absolute Gasteiger partial charge is 0.464 e. The summed E-state index contributed by atoms with van der Waals surface area (Å²) < 4.78 is 5.60. The van der Waals surface area contributed by atoms with Crippen LogP contribution in [0.15, 0.2) is 34.9 Å². The molecule has 0 bridgehead atoms. The van der Waals surface area contributed by atoms with Crippen molar-refractivity contribution in [3.8, 4) is 0 Å². The monoisotopic (exact) mass is 244 g/mol. The lowest BCUT2D eigenvalue weighted by Crippen LogP contribution is -2.44. The van der Waals surface area contributed by atoms with Crippen LogP contribution in [-0.2, 0) is 6.54 Å². The first-order valence-corrected chi connectivity index (χ1v) is 6.69. The SMILES string of the molecule is CC1CC(N)CCN1Cc1coc2ccccc12. The van der Waals surface area contributed by atoms with Crippen LogP contribution in [0, 0.1) is 0 Å². The second kappa shape index (κ2) is 4.75. The number of piperidine rings is 1. The Balaban J connectivity index is 1.80. The summed E-state index contributed by atoms with van der Waals surface area (Å²) in [5.74, 6) is 0. The molecule has 1 aromatic carbocycles. The normalized spacial score (nSPS) is 25.7. The quantitative estimate of drug-likeness (QED) is 0.883. The predicted octanol–water partition coefficient (Wildman–Crippen LogP) is 2.74. The predicted molar refractivity (Wildman–Crippen MR) is 73.3 cm³/mol. The number of nitrogens with two attached hydrogens (primary N) is 1. The zero-order chi connectivity index (χ0) is 12.5. The minimum Gasteiger partial charge on any atom is -0.464 e. The van der Waals surface area contributed by atoms with Crippen LogP contribution in [-0.4, -0.2) is 23.5 Å². The lowest BCUT2D eigenvalue weighted by molar-refractivity contribution is 0.140. The van der Waals surface area contributed by atoms with E-state index in [2.05, 4.69) is 24.0 Å². The molecule has 96 valence electrons. The van der Waals surface area contributed by atoms with E-state index in [0.29, 0.717) is 12.1 Å². The van der Waals surface area contributed by atoms with Crippen LogP contribution in [0.1, 0.15) is 25.3 Å². The van der Waals surface area contributed by atoms with Gasteiger partial charge in [-0.25, -0.2) is 0 Å². The minimum atomic E-state index is 0.373. The van der Waals surface area contributed by atoms with E-state index in [0.717, 1.165) is 31.5 Å². The van der Waals surface area contributed by atoms with Crippen molar-refractivity contribution in [1.29, 1.82) is 0 Å². The molecule has 0 spiro atoms. The van der Waals surface area contributed by atoms with Gasteiger partial charge in [-0.15, -0.1) is 0 Å². The summed E-state index contributed by atoms with van der Waals surface area (Å²) in [6.45, 7) is 4.31. The number of rotatable bonds is 2. The van der Waals surface area contributed by atoms with Gasteiger partial charge in [-0.1, -0.05) is 18.2 Å². The number of likely N-dealkylation sites (tertiary alicyclic amines) is 1. The van der Waals surface area contributed by atoms with Crippen molar-refractivity contribution in [2.45, 2.75) is 38.4 Å². The van der Waals surface area contributed by atoms with Crippen LogP contribution in [0.2, 0.25) is 0 Å². The van der Waals surface area contributed by atoms with Gasteiger partial charge in [0.05, 0.1) is 6.26 Å². The molecule has 1 aliphatic heterocycles. The van der Waals surface area contributed by atoms with Crippen LogP contribution in [0.5, 0.6) is 0 Å². The third-order valence-electron chi connectivity index (χ3n) is 3.99. The van der Waals surface area contributed by atoms with E-state index in [1.165, 1.54) is 10.9 Å². The molecule has 2 unspecified atom stereocenters. The fourth-order valence-electron chi connectivity index (χ4n) is 2.87. The molecular weight excluding hydrogens is 224 g/mol. The molecule has 1 fully saturated rings. The van der Waals surface area contributed by atoms with Crippen LogP contribution < -0.4 is 5.73 Å². The van der Waals surface area contributed by atoms with Crippen LogP contribution in [0.4, 0.5) is 0 Å². The first-order chi connectivity index (χ1) is 8.74. The Morgan fingerprint density at radius 3 is 3.06 bits per heavy atom. The number of benzene rings is 1. The first-order valence-electron chi connectivity index (χ1n) is 6.69. The van der Waals surface area contributed by atoms with Crippen molar-refractivity contribution in [3.63, 3.8) is 0 Å². The number of furan rings is 1. The topological polar surface area (TPSA) is 42.4 Å². The summed E-state index contributed by atoms with van der Waals surface area (Å²) in [4.78, 5) is 2.50. The van der Waals surface area contributed by atoms with E-state index in [1.807, 2.05) is 18.4 Å². The Morgan fingerprint density at radius 2 is 2.22 bits per heavy atom. The third-order valence-corrected chi connectivity index (χ3v) is 3.99. The Hall–Kier alpha value is -1.32. The summed E-state index contributed by atoms with van der Waals surface area (Å²) in [7, 11) is 0. The van der Waals surface area contributed by atoms with Crippen LogP contribution in [0.3, 0.4) is 0 Å². The molecule has 1 saturated heterocycles. The van der Waals surface area contributed by atoms with Crippen molar-refractivity contribution in [2.75, 3.05) is 6.54 Å². The highest BCUT2D eigenvalue weighted by Gasteiger charge is 2.23. The molecule has 1 aliphatic rings. The van der Waals surface area contributed by atoms with Gasteiger partial charge in [0.25, 0.3) is 0 Å². The maximum absolute atomic E-state index is 6.01. The molecule has 2 N–H and O–H groups in total. The van der Waals surface area contributed by atoms with Gasteiger partial charge in [-0.3, -0.25) is 4.90 Å². The Kier molecular flexibility index (Phi) is 3.10. The van der Waals surface area contributed by atoms with E-state index in [1.54, 1.807) is 0 Å². The van der Waals surface area contributed by atoms with Gasteiger partial charge in [0.1, 0.15) is 5.58 Å². The maximum Gasteiger partial charge on any atom is 0.134 e. The highest BCUT2D eigenvalue weighted by atomic mass is 16.3.